The number of aliphatic carboxylic acids is 1. The van der Waals surface area contributed by atoms with Crippen LogP contribution in [-0.2, 0) is 9.53 Å². The number of carbonyl (C=O) groups is 2. The highest BCUT2D eigenvalue weighted by Crippen LogP contribution is 2.51. The van der Waals surface area contributed by atoms with Crippen molar-refractivity contribution in [2.45, 2.75) is 45.8 Å². The van der Waals surface area contributed by atoms with Crippen molar-refractivity contribution >= 4 is 17.6 Å². The van der Waals surface area contributed by atoms with E-state index in [0.717, 1.165) is 0 Å². The fourth-order valence-corrected chi connectivity index (χ4v) is 3.30. The lowest BCUT2D eigenvalue weighted by Crippen LogP contribution is -2.76. The molecule has 2 N–H and O–H groups in total. The number of carboxylic acid groups (broad SMARTS) is 1. The number of ether oxygens (including phenoxy) is 1. The number of benzene rings is 1. The third-order valence-corrected chi connectivity index (χ3v) is 5.11. The second kappa shape index (κ2) is 6.44. The summed E-state index contributed by atoms with van der Waals surface area (Å²) in [6.45, 7) is 7.30. The van der Waals surface area contributed by atoms with Crippen LogP contribution in [0.2, 0.25) is 0 Å². The van der Waals surface area contributed by atoms with Crippen LogP contribution in [-0.4, -0.2) is 40.2 Å². The zero-order valence-electron chi connectivity index (χ0n) is 14.7. The first-order valence-corrected chi connectivity index (χ1v) is 7.99. The van der Waals surface area contributed by atoms with E-state index >= 15 is 0 Å². The van der Waals surface area contributed by atoms with Crippen molar-refractivity contribution in [2.24, 2.45) is 5.41 Å². The lowest BCUT2D eigenvalue weighted by molar-refractivity contribution is -0.385. The molecular weight excluding hydrogens is 328 g/mol. The average Bonchev–Trinajstić information content (AvgIpc) is 2.52. The van der Waals surface area contributed by atoms with Crippen LogP contribution >= 0.6 is 0 Å². The molecule has 0 radical (unpaired) electrons. The molecule has 1 aliphatic carbocycles. The summed E-state index contributed by atoms with van der Waals surface area (Å²) in [5.74, 6) is -1.70. The Kier molecular flexibility index (Phi) is 4.85. The van der Waals surface area contributed by atoms with E-state index < -0.39 is 27.8 Å². The van der Waals surface area contributed by atoms with Gasteiger partial charge in [-0.3, -0.25) is 14.9 Å². The topological polar surface area (TPSA) is 119 Å². The van der Waals surface area contributed by atoms with Crippen molar-refractivity contribution < 1.29 is 24.4 Å². The van der Waals surface area contributed by atoms with Crippen LogP contribution in [0.1, 0.15) is 43.1 Å². The van der Waals surface area contributed by atoms with E-state index in [1.807, 2.05) is 6.92 Å². The van der Waals surface area contributed by atoms with Crippen LogP contribution < -0.4 is 5.32 Å². The molecule has 2 rings (SSSR count). The second-order valence-electron chi connectivity index (χ2n) is 6.79. The van der Waals surface area contributed by atoms with E-state index in [4.69, 9.17) is 4.74 Å². The van der Waals surface area contributed by atoms with E-state index in [2.05, 4.69) is 5.32 Å². The van der Waals surface area contributed by atoms with E-state index in [1.165, 1.54) is 25.1 Å². The van der Waals surface area contributed by atoms with Crippen LogP contribution in [0.15, 0.2) is 18.2 Å². The summed E-state index contributed by atoms with van der Waals surface area (Å²) < 4.78 is 5.56. The van der Waals surface area contributed by atoms with Gasteiger partial charge in [0.25, 0.3) is 11.6 Å². The Balaban J connectivity index is 2.27. The number of nitro groups is 1. The van der Waals surface area contributed by atoms with Gasteiger partial charge in [-0.15, -0.1) is 0 Å². The molecule has 1 amide bonds. The first-order chi connectivity index (χ1) is 11.6. The number of rotatable bonds is 6. The first kappa shape index (κ1) is 18.9. The lowest BCUT2D eigenvalue weighted by Gasteiger charge is -2.58. The van der Waals surface area contributed by atoms with Gasteiger partial charge in [-0.1, -0.05) is 13.8 Å². The van der Waals surface area contributed by atoms with Crippen LogP contribution in [0.5, 0.6) is 0 Å². The van der Waals surface area contributed by atoms with E-state index in [9.17, 15) is 24.8 Å². The van der Waals surface area contributed by atoms with Gasteiger partial charge in [0, 0.05) is 35.6 Å². The molecule has 1 aromatic carbocycles. The minimum Gasteiger partial charge on any atom is -0.479 e. The summed E-state index contributed by atoms with van der Waals surface area (Å²) in [4.78, 5) is 34.8. The summed E-state index contributed by atoms with van der Waals surface area (Å²) in [6.07, 6.45) is -0.103. The molecule has 1 fully saturated rings. The van der Waals surface area contributed by atoms with Crippen molar-refractivity contribution in [2.75, 3.05) is 6.61 Å². The highest BCUT2D eigenvalue weighted by Gasteiger charge is 2.66. The van der Waals surface area contributed by atoms with Crippen LogP contribution in [0.25, 0.3) is 0 Å². The van der Waals surface area contributed by atoms with Crippen molar-refractivity contribution in [3.8, 4) is 0 Å². The molecule has 8 heteroatoms. The Bertz CT molecular complexity index is 730. The number of nitrogens with one attached hydrogen (secondary N) is 1. The maximum absolute atomic E-state index is 12.6. The zero-order chi connectivity index (χ0) is 19.0. The van der Waals surface area contributed by atoms with E-state index in [0.29, 0.717) is 12.2 Å². The second-order valence-corrected chi connectivity index (χ2v) is 6.79. The number of amides is 1. The summed E-state index contributed by atoms with van der Waals surface area (Å²) in [6, 6.07) is 3.95. The molecule has 25 heavy (non-hydrogen) atoms. The smallest absolute Gasteiger partial charge is 0.330 e. The number of carboxylic acids is 1. The van der Waals surface area contributed by atoms with Crippen LogP contribution in [0, 0.1) is 22.5 Å². The predicted molar refractivity (Wildman–Crippen MR) is 89.5 cm³/mol. The van der Waals surface area contributed by atoms with E-state index in [-0.39, 0.29) is 23.8 Å². The lowest BCUT2D eigenvalue weighted by atomic mass is 9.54. The molecule has 0 spiro atoms. The Morgan fingerprint density at radius 2 is 2.08 bits per heavy atom. The fraction of sp³-hybridized carbons (Fsp3) is 0.529. The monoisotopic (exact) mass is 350 g/mol. The Labute approximate surface area is 145 Å². The van der Waals surface area contributed by atoms with Crippen LogP contribution in [0.3, 0.4) is 0 Å². The maximum Gasteiger partial charge on any atom is 0.330 e. The third kappa shape index (κ3) is 2.97. The van der Waals surface area contributed by atoms with Gasteiger partial charge in [-0.05, 0) is 26.0 Å². The highest BCUT2D eigenvalue weighted by molar-refractivity contribution is 5.99. The molecule has 0 saturated heterocycles. The van der Waals surface area contributed by atoms with Gasteiger partial charge in [0.15, 0.2) is 0 Å². The third-order valence-electron chi connectivity index (χ3n) is 5.11. The maximum atomic E-state index is 12.6. The molecule has 136 valence electrons. The molecule has 0 heterocycles. The van der Waals surface area contributed by atoms with Gasteiger partial charge in [0.05, 0.1) is 11.0 Å². The van der Waals surface area contributed by atoms with Crippen molar-refractivity contribution in [3.05, 3.63) is 39.4 Å². The Hall–Kier alpha value is -2.48. The average molecular weight is 350 g/mol. The van der Waals surface area contributed by atoms with Gasteiger partial charge in [-0.2, -0.15) is 0 Å². The van der Waals surface area contributed by atoms with Gasteiger partial charge in [0.1, 0.15) is 5.54 Å². The normalized spacial score (nSPS) is 24.2. The standard InChI is InChI=1S/C17H22N2O6/c1-5-25-13-9-17(15(21)22,16(13,3)4)18-14(20)11-6-7-12(19(23)24)10(2)8-11/h6-8,13H,5,9H2,1-4H3,(H,18,20)(H,21,22). The van der Waals surface area contributed by atoms with Gasteiger partial charge >= 0.3 is 5.97 Å². The highest BCUT2D eigenvalue weighted by atomic mass is 16.6. The number of nitro benzene ring substituents is 1. The summed E-state index contributed by atoms with van der Waals surface area (Å²) >= 11 is 0. The molecule has 8 nitrogen and oxygen atoms in total. The van der Waals surface area contributed by atoms with Crippen LogP contribution in [0.4, 0.5) is 5.69 Å². The molecule has 1 saturated carbocycles. The zero-order valence-corrected chi connectivity index (χ0v) is 14.7. The molecule has 0 bridgehead atoms. The minimum absolute atomic E-state index is 0.0927. The van der Waals surface area contributed by atoms with Crippen molar-refractivity contribution in [1.29, 1.82) is 0 Å². The predicted octanol–water partition coefficient (Wildman–Crippen LogP) is 2.29. The Morgan fingerprint density at radius 1 is 1.44 bits per heavy atom. The Morgan fingerprint density at radius 3 is 2.52 bits per heavy atom. The quantitative estimate of drug-likeness (QED) is 0.600. The number of nitrogens with zero attached hydrogens (tertiary/aromatic N) is 1. The molecule has 0 aliphatic heterocycles. The number of aryl methyl sites for hydroxylation is 1. The molecule has 1 aliphatic rings. The summed E-state index contributed by atoms with van der Waals surface area (Å²) in [7, 11) is 0. The van der Waals surface area contributed by atoms with E-state index in [1.54, 1.807) is 13.8 Å². The van der Waals surface area contributed by atoms with Crippen molar-refractivity contribution in [3.63, 3.8) is 0 Å². The first-order valence-electron chi connectivity index (χ1n) is 7.99. The SMILES string of the molecule is CCOC1CC(NC(=O)c2ccc([N+](=O)[O-])c(C)c2)(C(=O)O)C1(C)C. The number of hydrogen-bond donors (Lipinski definition) is 2. The molecular formula is C17H22N2O6. The number of hydrogen-bond acceptors (Lipinski definition) is 5. The fourth-order valence-electron chi connectivity index (χ4n) is 3.30. The molecule has 0 aromatic heterocycles. The molecule has 1 aromatic rings. The minimum atomic E-state index is -1.44. The molecule has 2 unspecified atom stereocenters. The largest absolute Gasteiger partial charge is 0.479 e. The summed E-state index contributed by atoms with van der Waals surface area (Å²) in [5.41, 5.74) is -1.81. The van der Waals surface area contributed by atoms with Gasteiger partial charge in [-0.25, -0.2) is 4.79 Å². The van der Waals surface area contributed by atoms with Gasteiger partial charge in [0.2, 0.25) is 0 Å². The van der Waals surface area contributed by atoms with Crippen molar-refractivity contribution in [1.82, 2.24) is 5.32 Å². The summed E-state index contributed by atoms with van der Waals surface area (Å²) in [5, 5.41) is 23.2. The van der Waals surface area contributed by atoms with Gasteiger partial charge < -0.3 is 15.2 Å². The molecule has 2 atom stereocenters. The number of carbonyl (C=O) groups excluding carboxylic acids is 1.